The summed E-state index contributed by atoms with van der Waals surface area (Å²) in [6, 6.07) is 4.01. The van der Waals surface area contributed by atoms with Gasteiger partial charge in [0.25, 0.3) is 0 Å². The van der Waals surface area contributed by atoms with Gasteiger partial charge in [-0.05, 0) is 31.9 Å². The summed E-state index contributed by atoms with van der Waals surface area (Å²) in [7, 11) is 0. The van der Waals surface area contributed by atoms with Crippen LogP contribution >= 0.6 is 0 Å². The molecule has 2 heterocycles. The zero-order chi connectivity index (χ0) is 14.4. The molecule has 0 saturated heterocycles. The fraction of sp³-hybridized carbons (Fsp3) is 0.647. The van der Waals surface area contributed by atoms with E-state index in [9.17, 15) is 0 Å². The number of hydrogen-bond acceptors (Lipinski definition) is 2. The van der Waals surface area contributed by atoms with E-state index < -0.39 is 0 Å². The molecule has 0 amide bonds. The highest BCUT2D eigenvalue weighted by Crippen LogP contribution is 2.32. The largest absolute Gasteiger partial charge is 0.309 e. The van der Waals surface area contributed by atoms with E-state index in [1.54, 1.807) is 0 Å². The van der Waals surface area contributed by atoms with Crippen LogP contribution in [0.2, 0.25) is 0 Å². The molecule has 3 heteroatoms. The molecule has 0 radical (unpaired) electrons. The van der Waals surface area contributed by atoms with E-state index in [1.165, 1.54) is 44.9 Å². The van der Waals surface area contributed by atoms with E-state index in [1.807, 2.05) is 24.7 Å². The Bertz CT molecular complexity index is 532. The highest BCUT2D eigenvalue weighted by Gasteiger charge is 2.27. The minimum atomic E-state index is 0.147. The number of fused-ring (bicyclic) bond motifs is 1. The van der Waals surface area contributed by atoms with Gasteiger partial charge in [0.05, 0.1) is 6.33 Å². The lowest BCUT2D eigenvalue weighted by Gasteiger charge is -2.32. The van der Waals surface area contributed by atoms with E-state index in [-0.39, 0.29) is 5.54 Å². The van der Waals surface area contributed by atoms with Crippen molar-refractivity contribution in [2.45, 2.75) is 71.3 Å². The van der Waals surface area contributed by atoms with Crippen molar-refractivity contribution < 1.29 is 0 Å². The van der Waals surface area contributed by atoms with Crippen LogP contribution in [0.3, 0.4) is 0 Å². The molecule has 110 valence electrons. The topological polar surface area (TPSA) is 30.7 Å². The molecule has 20 heavy (non-hydrogen) atoms. The van der Waals surface area contributed by atoms with Crippen LogP contribution in [0.15, 0.2) is 24.7 Å². The first-order valence-electron chi connectivity index (χ1n) is 8.00. The number of aromatic nitrogens is 3. The normalized spacial score (nSPS) is 14.6. The van der Waals surface area contributed by atoms with Crippen molar-refractivity contribution in [3.05, 3.63) is 24.7 Å². The molecule has 2 rings (SSSR count). The van der Waals surface area contributed by atoms with Gasteiger partial charge >= 0.3 is 0 Å². The molecule has 1 unspecified atom stereocenters. The van der Waals surface area contributed by atoms with Crippen LogP contribution in [-0.2, 0) is 5.54 Å². The molecule has 0 spiro atoms. The lowest BCUT2D eigenvalue weighted by molar-refractivity contribution is 0.259. The monoisotopic (exact) mass is 273 g/mol. The van der Waals surface area contributed by atoms with Crippen LogP contribution in [0.25, 0.3) is 11.2 Å². The summed E-state index contributed by atoms with van der Waals surface area (Å²) in [6.07, 6.45) is 12.6. The first-order valence-corrected chi connectivity index (χ1v) is 8.00. The second-order valence-corrected chi connectivity index (χ2v) is 6.02. The maximum Gasteiger partial charge on any atom is 0.160 e. The van der Waals surface area contributed by atoms with Crippen molar-refractivity contribution in [1.82, 2.24) is 14.5 Å². The molecule has 2 aromatic rings. The van der Waals surface area contributed by atoms with Gasteiger partial charge < -0.3 is 4.57 Å². The maximum absolute atomic E-state index is 4.54. The quantitative estimate of drug-likeness (QED) is 0.639. The third-order valence-corrected chi connectivity index (χ3v) is 4.28. The van der Waals surface area contributed by atoms with Crippen molar-refractivity contribution in [3.63, 3.8) is 0 Å². The van der Waals surface area contributed by atoms with Gasteiger partial charge in [0.15, 0.2) is 5.65 Å². The van der Waals surface area contributed by atoms with Gasteiger partial charge in [-0.1, -0.05) is 46.0 Å². The molecule has 0 aliphatic carbocycles. The average Bonchev–Trinajstić information content (AvgIpc) is 2.90. The van der Waals surface area contributed by atoms with Crippen molar-refractivity contribution in [3.8, 4) is 0 Å². The van der Waals surface area contributed by atoms with Crippen LogP contribution < -0.4 is 0 Å². The van der Waals surface area contributed by atoms with Crippen LogP contribution in [0, 0.1) is 0 Å². The Morgan fingerprint density at radius 1 is 1.05 bits per heavy atom. The lowest BCUT2D eigenvalue weighted by Crippen LogP contribution is -2.29. The van der Waals surface area contributed by atoms with Gasteiger partial charge in [-0.25, -0.2) is 9.97 Å². The molecule has 0 aliphatic rings. The predicted molar refractivity (Wildman–Crippen MR) is 84.8 cm³/mol. The second-order valence-electron chi connectivity index (χ2n) is 6.02. The number of nitrogens with zero attached hydrogens (tertiary/aromatic N) is 3. The second kappa shape index (κ2) is 6.87. The van der Waals surface area contributed by atoms with Crippen molar-refractivity contribution in [1.29, 1.82) is 0 Å². The van der Waals surface area contributed by atoms with E-state index >= 15 is 0 Å². The molecule has 3 nitrogen and oxygen atoms in total. The highest BCUT2D eigenvalue weighted by atomic mass is 15.1. The SMILES string of the molecule is CCCCCC(C)(CCCC)n1cnc2cccnc21. The summed E-state index contributed by atoms with van der Waals surface area (Å²) in [5.41, 5.74) is 2.18. The van der Waals surface area contributed by atoms with Gasteiger partial charge in [-0.3, -0.25) is 0 Å². The summed E-state index contributed by atoms with van der Waals surface area (Å²) >= 11 is 0. The van der Waals surface area contributed by atoms with Gasteiger partial charge in [-0.15, -0.1) is 0 Å². The van der Waals surface area contributed by atoms with Gasteiger partial charge in [0.2, 0.25) is 0 Å². The number of hydrogen-bond donors (Lipinski definition) is 0. The molecule has 0 saturated carbocycles. The molecular formula is C17H27N3. The molecule has 0 aliphatic heterocycles. The minimum absolute atomic E-state index is 0.147. The molecule has 1 atom stereocenters. The third kappa shape index (κ3) is 3.20. The van der Waals surface area contributed by atoms with Crippen LogP contribution in [-0.4, -0.2) is 14.5 Å². The van der Waals surface area contributed by atoms with E-state index in [2.05, 4.69) is 35.3 Å². The smallest absolute Gasteiger partial charge is 0.160 e. The van der Waals surface area contributed by atoms with E-state index in [0.717, 1.165) is 11.2 Å². The fourth-order valence-corrected chi connectivity index (χ4v) is 2.92. The molecular weight excluding hydrogens is 246 g/mol. The fourth-order valence-electron chi connectivity index (χ4n) is 2.92. The first-order chi connectivity index (χ1) is 9.71. The van der Waals surface area contributed by atoms with Crippen molar-refractivity contribution in [2.75, 3.05) is 0 Å². The average molecular weight is 273 g/mol. The summed E-state index contributed by atoms with van der Waals surface area (Å²) in [5.74, 6) is 0. The van der Waals surface area contributed by atoms with Gasteiger partial charge in [-0.2, -0.15) is 0 Å². The zero-order valence-corrected chi connectivity index (χ0v) is 13.1. The van der Waals surface area contributed by atoms with Crippen LogP contribution in [0.1, 0.15) is 65.7 Å². The summed E-state index contributed by atoms with van der Waals surface area (Å²) in [6.45, 7) is 6.89. The van der Waals surface area contributed by atoms with Crippen molar-refractivity contribution >= 4 is 11.2 Å². The van der Waals surface area contributed by atoms with Gasteiger partial charge in [0, 0.05) is 11.7 Å². The number of unbranched alkanes of at least 4 members (excludes halogenated alkanes) is 3. The molecule has 0 N–H and O–H groups in total. The van der Waals surface area contributed by atoms with Gasteiger partial charge in [0.1, 0.15) is 5.52 Å². The lowest BCUT2D eigenvalue weighted by atomic mass is 9.88. The van der Waals surface area contributed by atoms with Crippen LogP contribution in [0.5, 0.6) is 0 Å². The summed E-state index contributed by atoms with van der Waals surface area (Å²) in [4.78, 5) is 9.07. The Kier molecular flexibility index (Phi) is 5.16. The van der Waals surface area contributed by atoms with E-state index in [0.29, 0.717) is 0 Å². The standard InChI is InChI=1S/C17H27N3/c1-4-6-8-12-17(3,11-7-5-2)20-14-19-15-10-9-13-18-16(15)20/h9-10,13-14H,4-8,11-12H2,1-3H3. The van der Waals surface area contributed by atoms with Crippen LogP contribution in [0.4, 0.5) is 0 Å². The molecule has 0 fully saturated rings. The highest BCUT2D eigenvalue weighted by molar-refractivity contribution is 5.70. The zero-order valence-electron chi connectivity index (χ0n) is 13.1. The maximum atomic E-state index is 4.54. The van der Waals surface area contributed by atoms with E-state index in [4.69, 9.17) is 0 Å². The molecule has 2 aromatic heterocycles. The molecule has 0 aromatic carbocycles. The number of pyridine rings is 1. The minimum Gasteiger partial charge on any atom is -0.309 e. The Hall–Kier alpha value is -1.38. The Morgan fingerprint density at radius 2 is 1.80 bits per heavy atom. The first kappa shape index (κ1) is 15.0. The molecule has 0 bridgehead atoms. The van der Waals surface area contributed by atoms with Crippen molar-refractivity contribution in [2.24, 2.45) is 0 Å². The number of imidazole rings is 1. The summed E-state index contributed by atoms with van der Waals surface area (Å²) in [5, 5.41) is 0. The number of rotatable bonds is 8. The summed E-state index contributed by atoms with van der Waals surface area (Å²) < 4.78 is 2.31. The predicted octanol–water partition coefficient (Wildman–Crippen LogP) is 4.92. The Morgan fingerprint density at radius 3 is 2.55 bits per heavy atom. The Balaban J connectivity index is 2.29. The Labute approximate surface area is 122 Å². The third-order valence-electron chi connectivity index (χ3n) is 4.28.